The number of ketones is 2. The van der Waals surface area contributed by atoms with Gasteiger partial charge in [-0.05, 0) is 38.1 Å². The second kappa shape index (κ2) is 6.96. The Morgan fingerprint density at radius 2 is 2.00 bits per heavy atom. The summed E-state index contributed by atoms with van der Waals surface area (Å²) in [4.78, 5) is 37.4. The summed E-state index contributed by atoms with van der Waals surface area (Å²) in [5.41, 5.74) is -1.27. The number of rotatable bonds is 4. The van der Waals surface area contributed by atoms with Gasteiger partial charge in [-0.25, -0.2) is 4.79 Å². The molecule has 0 saturated carbocycles. The highest BCUT2D eigenvalue weighted by atomic mass is 16.5. The normalized spacial score (nSPS) is 19.8. The molecule has 0 radical (unpaired) electrons. The molecule has 6 nitrogen and oxygen atoms in total. The largest absolute Gasteiger partial charge is 0.497 e. The molecule has 1 heterocycles. The van der Waals surface area contributed by atoms with Crippen LogP contribution in [0, 0.1) is 0 Å². The highest BCUT2D eigenvalue weighted by Crippen LogP contribution is 2.31. The lowest BCUT2D eigenvalue weighted by Gasteiger charge is -2.28. The number of carbonyl (C=O) groups excluding carboxylic acids is 2. The lowest BCUT2D eigenvalue weighted by Crippen LogP contribution is -2.43. The average Bonchev–Trinajstić information content (AvgIpc) is 2.62. The zero-order chi connectivity index (χ0) is 19.8. The Morgan fingerprint density at radius 3 is 2.67 bits per heavy atom. The molecule has 0 aliphatic heterocycles. The monoisotopic (exact) mass is 368 g/mol. The highest BCUT2D eigenvalue weighted by Gasteiger charge is 2.41. The third-order valence-corrected chi connectivity index (χ3v) is 4.57. The average molecular weight is 368 g/mol. The van der Waals surface area contributed by atoms with Crippen LogP contribution >= 0.6 is 0 Å². The first kappa shape index (κ1) is 18.8. The zero-order valence-electron chi connectivity index (χ0n) is 15.4. The first-order valence-corrected chi connectivity index (χ1v) is 8.51. The van der Waals surface area contributed by atoms with E-state index >= 15 is 0 Å². The van der Waals surface area contributed by atoms with Gasteiger partial charge in [0.15, 0.2) is 11.6 Å². The fraction of sp³-hybridized carbons (Fsp3) is 0.286. The van der Waals surface area contributed by atoms with E-state index in [4.69, 9.17) is 9.15 Å². The molecule has 6 heteroatoms. The predicted molar refractivity (Wildman–Crippen MR) is 101 cm³/mol. The Hall–Kier alpha value is -2.99. The van der Waals surface area contributed by atoms with Crippen LogP contribution in [0.15, 0.2) is 51.2 Å². The molecule has 3 rings (SSSR count). The van der Waals surface area contributed by atoms with Crippen LogP contribution in [0.5, 0.6) is 5.75 Å². The van der Waals surface area contributed by atoms with E-state index in [2.05, 4.69) is 0 Å². The van der Waals surface area contributed by atoms with Crippen molar-refractivity contribution in [3.8, 4) is 5.75 Å². The van der Waals surface area contributed by atoms with Gasteiger partial charge in [0.2, 0.25) is 0 Å². The van der Waals surface area contributed by atoms with Crippen molar-refractivity contribution in [1.82, 2.24) is 0 Å². The van der Waals surface area contributed by atoms with Gasteiger partial charge in [-0.1, -0.05) is 11.6 Å². The Bertz CT molecular complexity index is 1050. The van der Waals surface area contributed by atoms with E-state index in [0.29, 0.717) is 16.7 Å². The zero-order valence-corrected chi connectivity index (χ0v) is 15.4. The molecule has 140 valence electrons. The van der Waals surface area contributed by atoms with Gasteiger partial charge in [-0.15, -0.1) is 0 Å². The van der Waals surface area contributed by atoms with Crippen molar-refractivity contribution in [2.75, 3.05) is 7.11 Å². The summed E-state index contributed by atoms with van der Waals surface area (Å²) in [5.74, 6) is -0.533. The van der Waals surface area contributed by atoms with Crippen LogP contribution in [0.1, 0.15) is 32.3 Å². The Balaban J connectivity index is 2.05. The molecule has 0 fully saturated rings. The maximum atomic E-state index is 12.6. The molecule has 1 N–H and O–H groups in total. The van der Waals surface area contributed by atoms with Gasteiger partial charge >= 0.3 is 5.63 Å². The maximum Gasteiger partial charge on any atom is 0.344 e. The van der Waals surface area contributed by atoms with Crippen molar-refractivity contribution in [1.29, 1.82) is 0 Å². The van der Waals surface area contributed by atoms with Gasteiger partial charge in [-0.2, -0.15) is 0 Å². The molecular weight excluding hydrogens is 348 g/mol. The van der Waals surface area contributed by atoms with Gasteiger partial charge in [0, 0.05) is 29.9 Å². The summed E-state index contributed by atoms with van der Waals surface area (Å²) >= 11 is 0. The standard InChI is InChI=1S/C21H20O6/c1-12(2)6-7-21(25)11-17(22)15(10-19(21)23)16-8-13-4-5-14(26-3)9-18(13)27-20(16)24/h4-6,8-10,25H,7,11H2,1-3H3. The van der Waals surface area contributed by atoms with Crippen LogP contribution in [-0.2, 0) is 9.59 Å². The summed E-state index contributed by atoms with van der Waals surface area (Å²) in [6.45, 7) is 3.68. The minimum atomic E-state index is -1.78. The number of ether oxygens (including phenoxy) is 1. The number of allylic oxidation sites excluding steroid dienone is 2. The number of carbonyl (C=O) groups is 2. The van der Waals surface area contributed by atoms with Crippen LogP contribution < -0.4 is 10.4 Å². The molecule has 0 saturated heterocycles. The second-order valence-electron chi connectivity index (χ2n) is 6.89. The van der Waals surface area contributed by atoms with E-state index in [1.54, 1.807) is 24.3 Å². The van der Waals surface area contributed by atoms with Crippen molar-refractivity contribution in [2.45, 2.75) is 32.3 Å². The number of aliphatic hydroxyl groups is 1. The molecule has 0 bridgehead atoms. The third kappa shape index (κ3) is 3.61. The number of hydrogen-bond donors (Lipinski definition) is 1. The minimum Gasteiger partial charge on any atom is -0.497 e. The summed E-state index contributed by atoms with van der Waals surface area (Å²) in [6.07, 6.45) is 2.44. The molecular formula is C21H20O6. The van der Waals surface area contributed by atoms with Crippen LogP contribution in [-0.4, -0.2) is 29.4 Å². The molecule has 1 aliphatic rings. The molecule has 1 atom stereocenters. The smallest absolute Gasteiger partial charge is 0.344 e. The summed E-state index contributed by atoms with van der Waals surface area (Å²) in [7, 11) is 1.50. The predicted octanol–water partition coefficient (Wildman–Crippen LogP) is 2.81. The quantitative estimate of drug-likeness (QED) is 0.659. The topological polar surface area (TPSA) is 93.8 Å². The maximum absolute atomic E-state index is 12.6. The lowest BCUT2D eigenvalue weighted by atomic mass is 9.79. The third-order valence-electron chi connectivity index (χ3n) is 4.57. The summed E-state index contributed by atoms with van der Waals surface area (Å²) in [6, 6.07) is 6.48. The van der Waals surface area contributed by atoms with Crippen molar-refractivity contribution in [3.63, 3.8) is 0 Å². The van der Waals surface area contributed by atoms with Gasteiger partial charge in [0.25, 0.3) is 0 Å². The van der Waals surface area contributed by atoms with Crippen LogP contribution in [0.3, 0.4) is 0 Å². The van der Waals surface area contributed by atoms with Crippen molar-refractivity contribution < 1.29 is 23.8 Å². The molecule has 0 spiro atoms. The van der Waals surface area contributed by atoms with E-state index < -0.39 is 22.8 Å². The molecule has 1 unspecified atom stereocenters. The molecule has 2 aromatic rings. The Labute approximate surface area is 155 Å². The number of methoxy groups -OCH3 is 1. The number of benzene rings is 1. The van der Waals surface area contributed by atoms with E-state index in [0.717, 1.165) is 11.6 Å². The Morgan fingerprint density at radius 1 is 1.26 bits per heavy atom. The van der Waals surface area contributed by atoms with Crippen molar-refractivity contribution in [2.24, 2.45) is 0 Å². The summed E-state index contributed by atoms with van der Waals surface area (Å²) in [5, 5.41) is 11.1. The first-order chi connectivity index (χ1) is 12.7. The van der Waals surface area contributed by atoms with Gasteiger partial charge in [0.05, 0.1) is 12.7 Å². The lowest BCUT2D eigenvalue weighted by molar-refractivity contribution is -0.138. The summed E-state index contributed by atoms with van der Waals surface area (Å²) < 4.78 is 10.4. The van der Waals surface area contributed by atoms with Gasteiger partial charge in [-0.3, -0.25) is 9.59 Å². The first-order valence-electron chi connectivity index (χ1n) is 8.51. The molecule has 0 amide bonds. The molecule has 1 aromatic carbocycles. The van der Waals surface area contributed by atoms with Crippen molar-refractivity contribution >= 4 is 28.1 Å². The van der Waals surface area contributed by atoms with Crippen LogP contribution in [0.2, 0.25) is 0 Å². The van der Waals surface area contributed by atoms with E-state index in [9.17, 15) is 19.5 Å². The van der Waals surface area contributed by atoms with Gasteiger partial charge < -0.3 is 14.3 Å². The fourth-order valence-corrected chi connectivity index (χ4v) is 2.97. The van der Waals surface area contributed by atoms with E-state index in [1.165, 1.54) is 13.2 Å². The van der Waals surface area contributed by atoms with Crippen molar-refractivity contribution in [3.05, 3.63) is 58.0 Å². The second-order valence-corrected chi connectivity index (χ2v) is 6.89. The highest BCUT2D eigenvalue weighted by molar-refractivity contribution is 6.29. The van der Waals surface area contributed by atoms with Crippen LogP contribution in [0.4, 0.5) is 0 Å². The number of Topliss-reactive ketones (excluding diaryl/α,β-unsaturated/α-hetero) is 1. The number of fused-ring (bicyclic) bond motifs is 1. The minimum absolute atomic E-state index is 0.00952. The molecule has 1 aliphatic carbocycles. The number of hydrogen-bond acceptors (Lipinski definition) is 6. The van der Waals surface area contributed by atoms with Crippen LogP contribution in [0.25, 0.3) is 16.5 Å². The Kier molecular flexibility index (Phi) is 4.85. The molecule has 1 aromatic heterocycles. The van der Waals surface area contributed by atoms with E-state index in [-0.39, 0.29) is 24.0 Å². The van der Waals surface area contributed by atoms with E-state index in [1.807, 2.05) is 13.8 Å². The SMILES string of the molecule is COc1ccc2cc(C3=CC(=O)C(O)(CC=C(C)C)CC3=O)c(=O)oc2c1. The fourth-order valence-electron chi connectivity index (χ4n) is 2.97. The molecule has 27 heavy (non-hydrogen) atoms. The van der Waals surface area contributed by atoms with Gasteiger partial charge in [0.1, 0.15) is 16.9 Å².